The van der Waals surface area contributed by atoms with E-state index in [1.54, 1.807) is 0 Å². The lowest BCUT2D eigenvalue weighted by molar-refractivity contribution is -0.114. The molecular weight excluding hydrogens is 316 g/mol. The van der Waals surface area contributed by atoms with Crippen LogP contribution < -0.4 is 10.1 Å². The first-order chi connectivity index (χ1) is 12.1. The standard InChI is InChI=1S/C20H24N2O3/c1-15(23)21-20-9-5-6-16-12-22(11-10-19(16)20)13-17(24)14-25-18-7-3-2-4-8-18/h2-9,17,24H,10-14H2,1H3,(H,21,23). The zero-order valence-corrected chi connectivity index (χ0v) is 14.4. The summed E-state index contributed by atoms with van der Waals surface area (Å²) in [4.78, 5) is 13.6. The normalized spacial score (nSPS) is 15.3. The Morgan fingerprint density at radius 1 is 1.24 bits per heavy atom. The second kappa shape index (κ2) is 8.14. The van der Waals surface area contributed by atoms with Crippen molar-refractivity contribution in [1.29, 1.82) is 0 Å². The Morgan fingerprint density at radius 2 is 2.04 bits per heavy atom. The molecule has 0 fully saturated rings. The van der Waals surface area contributed by atoms with E-state index < -0.39 is 6.10 Å². The first-order valence-corrected chi connectivity index (χ1v) is 8.58. The van der Waals surface area contributed by atoms with Crippen LogP contribution in [0.1, 0.15) is 18.1 Å². The topological polar surface area (TPSA) is 61.8 Å². The van der Waals surface area contributed by atoms with Crippen molar-refractivity contribution in [2.24, 2.45) is 0 Å². The second-order valence-electron chi connectivity index (χ2n) is 6.39. The van der Waals surface area contributed by atoms with Gasteiger partial charge in [-0.25, -0.2) is 0 Å². The molecule has 2 aromatic rings. The first-order valence-electron chi connectivity index (χ1n) is 8.58. The van der Waals surface area contributed by atoms with Gasteiger partial charge in [0.2, 0.25) is 5.91 Å². The SMILES string of the molecule is CC(=O)Nc1cccc2c1CCN(CC(O)COc1ccccc1)C2. The minimum absolute atomic E-state index is 0.0516. The molecule has 3 rings (SSSR count). The number of aliphatic hydroxyl groups is 1. The molecule has 5 nitrogen and oxygen atoms in total. The van der Waals surface area contributed by atoms with Gasteiger partial charge < -0.3 is 15.2 Å². The van der Waals surface area contributed by atoms with E-state index in [1.165, 1.54) is 18.1 Å². The average molecular weight is 340 g/mol. The molecule has 0 aromatic heterocycles. The zero-order chi connectivity index (χ0) is 17.6. The minimum atomic E-state index is -0.541. The third-order valence-electron chi connectivity index (χ3n) is 4.31. The molecule has 0 saturated heterocycles. The van der Waals surface area contributed by atoms with Crippen molar-refractivity contribution >= 4 is 11.6 Å². The average Bonchev–Trinajstić information content (AvgIpc) is 2.60. The highest BCUT2D eigenvalue weighted by Crippen LogP contribution is 2.26. The summed E-state index contributed by atoms with van der Waals surface area (Å²) in [6, 6.07) is 15.5. The van der Waals surface area contributed by atoms with Crippen LogP contribution >= 0.6 is 0 Å². The molecule has 5 heteroatoms. The molecule has 0 spiro atoms. The highest BCUT2D eigenvalue weighted by Gasteiger charge is 2.21. The fourth-order valence-electron chi connectivity index (χ4n) is 3.19. The molecule has 0 aliphatic carbocycles. The molecule has 1 aliphatic heterocycles. The maximum absolute atomic E-state index is 11.3. The highest BCUT2D eigenvalue weighted by atomic mass is 16.5. The van der Waals surface area contributed by atoms with Crippen LogP contribution in [-0.4, -0.2) is 41.7 Å². The summed E-state index contributed by atoms with van der Waals surface area (Å²) in [5.41, 5.74) is 3.30. The number of amides is 1. The van der Waals surface area contributed by atoms with Crippen LogP contribution in [0.3, 0.4) is 0 Å². The number of fused-ring (bicyclic) bond motifs is 1. The van der Waals surface area contributed by atoms with E-state index in [0.717, 1.165) is 30.9 Å². The predicted octanol–water partition coefficient (Wildman–Crippen LogP) is 2.44. The van der Waals surface area contributed by atoms with E-state index in [0.29, 0.717) is 6.54 Å². The summed E-state index contributed by atoms with van der Waals surface area (Å²) in [5.74, 6) is 0.717. The van der Waals surface area contributed by atoms with Crippen LogP contribution in [0.5, 0.6) is 5.75 Å². The van der Waals surface area contributed by atoms with E-state index in [1.807, 2.05) is 42.5 Å². The van der Waals surface area contributed by atoms with E-state index in [4.69, 9.17) is 4.74 Å². The molecular formula is C20H24N2O3. The van der Waals surface area contributed by atoms with Crippen molar-refractivity contribution in [3.8, 4) is 5.75 Å². The quantitative estimate of drug-likeness (QED) is 0.848. The summed E-state index contributed by atoms with van der Waals surface area (Å²) in [5, 5.41) is 13.2. The Bertz CT molecular complexity index is 718. The van der Waals surface area contributed by atoms with Gasteiger partial charge in [-0.05, 0) is 35.7 Å². The lowest BCUT2D eigenvalue weighted by atomic mass is 9.97. The Balaban J connectivity index is 1.55. The van der Waals surface area contributed by atoms with Gasteiger partial charge in [0.25, 0.3) is 0 Å². The molecule has 0 saturated carbocycles. The summed E-state index contributed by atoms with van der Waals surface area (Å²) >= 11 is 0. The third kappa shape index (κ3) is 4.81. The number of benzene rings is 2. The maximum Gasteiger partial charge on any atom is 0.221 e. The molecule has 1 atom stereocenters. The molecule has 25 heavy (non-hydrogen) atoms. The number of rotatable bonds is 6. The summed E-state index contributed by atoms with van der Waals surface area (Å²) in [6.07, 6.45) is 0.318. The van der Waals surface area contributed by atoms with Gasteiger partial charge in [-0.2, -0.15) is 0 Å². The largest absolute Gasteiger partial charge is 0.491 e. The molecule has 1 heterocycles. The van der Waals surface area contributed by atoms with Gasteiger partial charge in [0.1, 0.15) is 18.5 Å². The number of ether oxygens (including phenoxy) is 1. The lowest BCUT2D eigenvalue weighted by Crippen LogP contribution is -2.39. The molecule has 2 N–H and O–H groups in total. The van der Waals surface area contributed by atoms with Gasteiger partial charge in [0.15, 0.2) is 0 Å². The van der Waals surface area contributed by atoms with E-state index in [9.17, 15) is 9.90 Å². The number of β-amino-alcohol motifs (C(OH)–C–C–N with tert-alkyl or cyclic N) is 1. The Hall–Kier alpha value is -2.37. The van der Waals surface area contributed by atoms with Crippen LogP contribution in [0.25, 0.3) is 0 Å². The number of hydrogen-bond acceptors (Lipinski definition) is 4. The minimum Gasteiger partial charge on any atom is -0.491 e. The van der Waals surface area contributed by atoms with Gasteiger partial charge in [-0.1, -0.05) is 30.3 Å². The highest BCUT2D eigenvalue weighted by molar-refractivity contribution is 5.89. The molecule has 132 valence electrons. The number of carbonyl (C=O) groups excluding carboxylic acids is 1. The maximum atomic E-state index is 11.3. The van der Waals surface area contributed by atoms with Crippen molar-refractivity contribution in [1.82, 2.24) is 4.90 Å². The third-order valence-corrected chi connectivity index (χ3v) is 4.31. The summed E-state index contributed by atoms with van der Waals surface area (Å²) in [7, 11) is 0. The van der Waals surface area contributed by atoms with Crippen LogP contribution in [0.2, 0.25) is 0 Å². The predicted molar refractivity (Wildman–Crippen MR) is 97.7 cm³/mol. The van der Waals surface area contributed by atoms with Gasteiger partial charge in [0.05, 0.1) is 0 Å². The van der Waals surface area contributed by atoms with Gasteiger partial charge in [-0.15, -0.1) is 0 Å². The van der Waals surface area contributed by atoms with Crippen molar-refractivity contribution < 1.29 is 14.6 Å². The fourth-order valence-corrected chi connectivity index (χ4v) is 3.19. The Morgan fingerprint density at radius 3 is 2.80 bits per heavy atom. The number of aliphatic hydroxyl groups excluding tert-OH is 1. The summed E-state index contributed by atoms with van der Waals surface area (Å²) in [6.45, 7) is 3.99. The van der Waals surface area contributed by atoms with Crippen LogP contribution in [0.15, 0.2) is 48.5 Å². The Labute approximate surface area is 148 Å². The smallest absolute Gasteiger partial charge is 0.221 e. The summed E-state index contributed by atoms with van der Waals surface area (Å²) < 4.78 is 5.62. The second-order valence-corrected chi connectivity index (χ2v) is 6.39. The molecule has 1 aliphatic rings. The first kappa shape index (κ1) is 17.5. The molecule has 1 unspecified atom stereocenters. The number of nitrogens with one attached hydrogen (secondary N) is 1. The lowest BCUT2D eigenvalue weighted by Gasteiger charge is -2.31. The van der Waals surface area contributed by atoms with E-state index in [-0.39, 0.29) is 12.5 Å². The molecule has 1 amide bonds. The molecule has 2 aromatic carbocycles. The van der Waals surface area contributed by atoms with Crippen molar-refractivity contribution in [2.45, 2.75) is 26.0 Å². The van der Waals surface area contributed by atoms with Gasteiger partial charge in [0, 0.05) is 32.2 Å². The van der Waals surface area contributed by atoms with Crippen LogP contribution in [0.4, 0.5) is 5.69 Å². The van der Waals surface area contributed by atoms with Crippen molar-refractivity contribution in [3.05, 3.63) is 59.7 Å². The van der Waals surface area contributed by atoms with Crippen molar-refractivity contribution in [2.75, 3.05) is 25.0 Å². The Kier molecular flexibility index (Phi) is 5.68. The monoisotopic (exact) mass is 340 g/mol. The van der Waals surface area contributed by atoms with Crippen LogP contribution in [0, 0.1) is 0 Å². The van der Waals surface area contributed by atoms with Gasteiger partial charge >= 0.3 is 0 Å². The van der Waals surface area contributed by atoms with Gasteiger partial charge in [-0.3, -0.25) is 9.69 Å². The van der Waals surface area contributed by atoms with E-state index in [2.05, 4.69) is 16.3 Å². The van der Waals surface area contributed by atoms with Crippen LogP contribution in [-0.2, 0) is 17.8 Å². The van der Waals surface area contributed by atoms with E-state index >= 15 is 0 Å². The van der Waals surface area contributed by atoms with Crippen molar-refractivity contribution in [3.63, 3.8) is 0 Å². The number of anilines is 1. The zero-order valence-electron chi connectivity index (χ0n) is 14.4. The number of carbonyl (C=O) groups is 1. The number of nitrogens with zero attached hydrogens (tertiary/aromatic N) is 1. The fraction of sp³-hybridized carbons (Fsp3) is 0.350. The number of para-hydroxylation sites is 1. The molecule has 0 radical (unpaired) electrons. The number of hydrogen-bond donors (Lipinski definition) is 2. The molecule has 0 bridgehead atoms.